The molecular formula is C30H31ClF2N6O. The van der Waals surface area contributed by atoms with E-state index in [0.717, 1.165) is 36.7 Å². The minimum absolute atomic E-state index is 0.0173. The maximum absolute atomic E-state index is 16.5. The summed E-state index contributed by atoms with van der Waals surface area (Å²) in [4.78, 5) is 18.1. The van der Waals surface area contributed by atoms with Gasteiger partial charge in [0, 0.05) is 60.4 Å². The van der Waals surface area contributed by atoms with Crippen molar-refractivity contribution in [1.82, 2.24) is 25.2 Å². The third-order valence-electron chi connectivity index (χ3n) is 8.61. The van der Waals surface area contributed by atoms with Gasteiger partial charge in [0.25, 0.3) is 0 Å². The average molecular weight is 565 g/mol. The highest BCUT2D eigenvalue weighted by atomic mass is 35.5. The summed E-state index contributed by atoms with van der Waals surface area (Å²) >= 11 is 6.56. The van der Waals surface area contributed by atoms with Crippen molar-refractivity contribution in [2.75, 3.05) is 44.7 Å². The van der Waals surface area contributed by atoms with Crippen LogP contribution in [0.1, 0.15) is 25.7 Å². The predicted octanol–water partition coefficient (Wildman–Crippen LogP) is 5.39. The van der Waals surface area contributed by atoms with E-state index >= 15 is 8.78 Å². The van der Waals surface area contributed by atoms with Gasteiger partial charge in [-0.3, -0.25) is 4.98 Å². The molecule has 7 rings (SSSR count). The average Bonchev–Trinajstić information content (AvgIpc) is 3.30. The van der Waals surface area contributed by atoms with Gasteiger partial charge in [0.2, 0.25) is 0 Å². The second kappa shape index (κ2) is 10.0. The van der Waals surface area contributed by atoms with E-state index in [1.54, 1.807) is 12.3 Å². The maximum Gasteiger partial charge on any atom is 0.319 e. The van der Waals surface area contributed by atoms with Gasteiger partial charge in [-0.15, -0.1) is 0 Å². The van der Waals surface area contributed by atoms with Crippen molar-refractivity contribution in [2.45, 2.75) is 43.4 Å². The zero-order chi connectivity index (χ0) is 27.4. The van der Waals surface area contributed by atoms with Gasteiger partial charge >= 0.3 is 6.01 Å². The normalized spacial score (nSPS) is 22.8. The molecule has 3 fully saturated rings. The molecule has 7 nitrogen and oxygen atoms in total. The molecule has 4 aromatic rings. The van der Waals surface area contributed by atoms with Crippen molar-refractivity contribution in [3.63, 3.8) is 0 Å². The molecule has 40 heavy (non-hydrogen) atoms. The van der Waals surface area contributed by atoms with Gasteiger partial charge in [-0.25, -0.2) is 8.78 Å². The molecule has 2 bridgehead atoms. The Morgan fingerprint density at radius 2 is 1.80 bits per heavy atom. The molecule has 3 aliphatic heterocycles. The number of likely N-dealkylation sites (tertiary alicyclic amines) is 1. The van der Waals surface area contributed by atoms with Gasteiger partial charge in [0.15, 0.2) is 5.82 Å². The lowest BCUT2D eigenvalue weighted by atomic mass is 9.95. The zero-order valence-electron chi connectivity index (χ0n) is 22.3. The number of ether oxygens (including phenoxy) is 1. The lowest BCUT2D eigenvalue weighted by Crippen LogP contribution is -2.51. The molecular weight excluding hydrogens is 534 g/mol. The number of pyridine rings is 1. The molecule has 5 heterocycles. The zero-order valence-corrected chi connectivity index (χ0v) is 23.1. The van der Waals surface area contributed by atoms with Gasteiger partial charge < -0.3 is 19.9 Å². The number of rotatable bonds is 5. The van der Waals surface area contributed by atoms with Crippen LogP contribution in [0.2, 0.25) is 5.02 Å². The summed E-state index contributed by atoms with van der Waals surface area (Å²) in [6.07, 6.45) is 4.56. The summed E-state index contributed by atoms with van der Waals surface area (Å²) < 4.78 is 37.9. The second-order valence-corrected chi connectivity index (χ2v) is 11.8. The Bertz CT molecular complexity index is 1580. The van der Waals surface area contributed by atoms with E-state index in [1.807, 2.05) is 37.4 Å². The number of nitrogens with one attached hydrogen (secondary N) is 1. The number of hydrogen-bond acceptors (Lipinski definition) is 7. The molecule has 0 aliphatic carbocycles. The summed E-state index contributed by atoms with van der Waals surface area (Å²) in [5.41, 5.74) is -0.629. The Balaban J connectivity index is 1.33. The van der Waals surface area contributed by atoms with Crippen molar-refractivity contribution >= 4 is 39.1 Å². The van der Waals surface area contributed by atoms with Crippen LogP contribution in [0.3, 0.4) is 0 Å². The molecule has 0 unspecified atom stereocenters. The van der Waals surface area contributed by atoms with E-state index in [9.17, 15) is 0 Å². The van der Waals surface area contributed by atoms with Gasteiger partial charge in [0.1, 0.15) is 29.3 Å². The first-order chi connectivity index (χ1) is 19.4. The van der Waals surface area contributed by atoms with Crippen LogP contribution in [-0.2, 0) is 0 Å². The largest absolute Gasteiger partial charge is 0.460 e. The van der Waals surface area contributed by atoms with Crippen molar-refractivity contribution < 1.29 is 13.5 Å². The topological polar surface area (TPSA) is 66.4 Å². The Morgan fingerprint density at radius 3 is 2.55 bits per heavy atom. The first-order valence-electron chi connectivity index (χ1n) is 13.9. The molecule has 3 aliphatic rings. The van der Waals surface area contributed by atoms with Crippen LogP contribution < -0.4 is 15.0 Å². The quantitative estimate of drug-likeness (QED) is 0.348. The smallest absolute Gasteiger partial charge is 0.319 e. The standard InChI is InChI=1S/C30H31ClF2N6O/c1-38-12-10-30(33,11-13-38)17-40-29-36-27-22(28(37-29)39-15-19-8-9-20(16-39)35-19)14-34-26(25(27)32)21-6-2-4-18-5-3-7-23(31)24(18)21/h2-7,14,19-20,35H,8-13,15-17H2,1H3/t19-,20+. The Morgan fingerprint density at radius 1 is 1.07 bits per heavy atom. The summed E-state index contributed by atoms with van der Waals surface area (Å²) in [5, 5.41) is 6.26. The molecule has 0 spiro atoms. The van der Waals surface area contributed by atoms with E-state index in [4.69, 9.17) is 21.3 Å². The van der Waals surface area contributed by atoms with E-state index in [-0.39, 0.29) is 23.8 Å². The number of alkyl halides is 1. The number of piperazine rings is 1. The van der Waals surface area contributed by atoms with Crippen molar-refractivity contribution in [1.29, 1.82) is 0 Å². The molecule has 2 aromatic carbocycles. The Labute approximate surface area is 236 Å². The third kappa shape index (κ3) is 4.63. The molecule has 0 saturated carbocycles. The molecule has 2 atom stereocenters. The lowest BCUT2D eigenvalue weighted by Gasteiger charge is -2.35. The minimum atomic E-state index is -1.47. The van der Waals surface area contributed by atoms with Gasteiger partial charge in [-0.05, 0) is 44.2 Å². The number of benzene rings is 2. The van der Waals surface area contributed by atoms with Crippen molar-refractivity contribution in [3.05, 3.63) is 53.4 Å². The van der Waals surface area contributed by atoms with E-state index in [1.165, 1.54) is 0 Å². The maximum atomic E-state index is 16.5. The highest BCUT2D eigenvalue weighted by molar-refractivity contribution is 6.36. The lowest BCUT2D eigenvalue weighted by molar-refractivity contribution is 0.0215. The Kier molecular flexibility index (Phi) is 6.48. The summed E-state index contributed by atoms with van der Waals surface area (Å²) in [5.74, 6) is -0.00522. The van der Waals surface area contributed by atoms with Crippen molar-refractivity contribution in [2.24, 2.45) is 0 Å². The first-order valence-corrected chi connectivity index (χ1v) is 14.3. The fraction of sp³-hybridized carbons (Fsp3) is 0.433. The van der Waals surface area contributed by atoms with Crippen LogP contribution in [-0.4, -0.2) is 77.4 Å². The number of halogens is 3. The van der Waals surface area contributed by atoms with Gasteiger partial charge in [-0.1, -0.05) is 41.9 Å². The fourth-order valence-electron chi connectivity index (χ4n) is 6.34. The number of hydrogen-bond donors (Lipinski definition) is 1. The Hall–Kier alpha value is -3.14. The summed E-state index contributed by atoms with van der Waals surface area (Å²) in [7, 11) is 1.98. The highest BCUT2D eigenvalue weighted by Crippen LogP contribution is 2.38. The number of aromatic nitrogens is 3. The SMILES string of the molecule is CN1CCC(F)(COc2nc(N3C[C@H]4CC[C@@H](C3)N4)c3cnc(-c4cccc5cccc(Cl)c45)c(F)c3n2)CC1. The predicted molar refractivity (Wildman–Crippen MR) is 153 cm³/mol. The van der Waals surface area contributed by atoms with Crippen LogP contribution >= 0.6 is 11.6 Å². The van der Waals surface area contributed by atoms with E-state index in [0.29, 0.717) is 59.8 Å². The molecule has 0 radical (unpaired) electrons. The summed E-state index contributed by atoms with van der Waals surface area (Å²) in [6.45, 7) is 2.62. The molecule has 1 N–H and O–H groups in total. The molecule has 3 saturated heterocycles. The van der Waals surface area contributed by atoms with Crippen molar-refractivity contribution in [3.8, 4) is 17.3 Å². The number of anilines is 1. The fourth-order valence-corrected chi connectivity index (χ4v) is 6.62. The van der Waals surface area contributed by atoms with Gasteiger partial charge in [-0.2, -0.15) is 9.97 Å². The second-order valence-electron chi connectivity index (χ2n) is 11.4. The monoisotopic (exact) mass is 564 g/mol. The number of fused-ring (bicyclic) bond motifs is 4. The van der Waals surface area contributed by atoms with E-state index in [2.05, 4.69) is 25.1 Å². The molecule has 0 amide bonds. The molecule has 10 heteroatoms. The highest BCUT2D eigenvalue weighted by Gasteiger charge is 2.36. The minimum Gasteiger partial charge on any atom is -0.460 e. The third-order valence-corrected chi connectivity index (χ3v) is 8.93. The van der Waals surface area contributed by atoms with Crippen LogP contribution in [0.15, 0.2) is 42.6 Å². The first kappa shape index (κ1) is 25.8. The van der Waals surface area contributed by atoms with Crippen LogP contribution in [0.25, 0.3) is 32.9 Å². The number of piperidine rings is 1. The molecule has 208 valence electrons. The van der Waals surface area contributed by atoms with E-state index < -0.39 is 11.5 Å². The van der Waals surface area contributed by atoms with Gasteiger partial charge in [0.05, 0.1) is 5.39 Å². The molecule has 2 aromatic heterocycles. The van der Waals surface area contributed by atoms with Crippen LogP contribution in [0.4, 0.5) is 14.6 Å². The summed E-state index contributed by atoms with van der Waals surface area (Å²) in [6, 6.07) is 11.9. The van der Waals surface area contributed by atoms with Crippen LogP contribution in [0, 0.1) is 5.82 Å². The number of nitrogens with zero attached hydrogens (tertiary/aromatic N) is 5. The van der Waals surface area contributed by atoms with Crippen LogP contribution in [0.5, 0.6) is 6.01 Å².